The van der Waals surface area contributed by atoms with Crippen molar-refractivity contribution in [2.75, 3.05) is 13.2 Å². The van der Waals surface area contributed by atoms with Crippen molar-refractivity contribution in [3.63, 3.8) is 0 Å². The number of hydrogen-bond donors (Lipinski definition) is 1. The van der Waals surface area contributed by atoms with Crippen molar-refractivity contribution in [3.8, 4) is 17.4 Å². The van der Waals surface area contributed by atoms with Crippen molar-refractivity contribution in [2.45, 2.75) is 73.5 Å². The SMILES string of the molecule is CCOc1cc(OCCC(C)(C)C)cc(C(=O)Cn2nc3ccc(OC(CC)CC)nn3c2=N)c1. The third-order valence-corrected chi connectivity index (χ3v) is 5.58. The normalized spacial score (nSPS) is 11.7. The topological polar surface area (TPSA) is 104 Å². The summed E-state index contributed by atoms with van der Waals surface area (Å²) < 4.78 is 20.2. The van der Waals surface area contributed by atoms with Gasteiger partial charge in [0.1, 0.15) is 18.0 Å². The van der Waals surface area contributed by atoms with Crippen LogP contribution in [0.15, 0.2) is 30.3 Å². The van der Waals surface area contributed by atoms with Crippen LogP contribution in [-0.2, 0) is 6.54 Å². The molecule has 0 saturated carbocycles. The number of carbonyl (C=O) groups is 1. The van der Waals surface area contributed by atoms with Gasteiger partial charge in [-0.25, -0.2) is 4.68 Å². The van der Waals surface area contributed by atoms with Gasteiger partial charge in [-0.3, -0.25) is 10.2 Å². The molecule has 9 heteroatoms. The molecule has 3 aromatic rings. The predicted molar refractivity (Wildman–Crippen MR) is 133 cm³/mol. The first kappa shape index (κ1) is 26.2. The van der Waals surface area contributed by atoms with E-state index in [4.69, 9.17) is 19.6 Å². The minimum absolute atomic E-state index is 0.00837. The quantitative estimate of drug-likeness (QED) is 0.375. The summed E-state index contributed by atoms with van der Waals surface area (Å²) >= 11 is 0. The molecular formula is C26H37N5O4. The number of rotatable bonds is 12. The Morgan fingerprint density at radius 3 is 2.34 bits per heavy atom. The fourth-order valence-electron chi connectivity index (χ4n) is 3.48. The number of nitrogens with one attached hydrogen (secondary N) is 1. The molecule has 2 aromatic heterocycles. The molecule has 0 aliphatic carbocycles. The van der Waals surface area contributed by atoms with E-state index in [1.54, 1.807) is 30.3 Å². The van der Waals surface area contributed by atoms with Gasteiger partial charge in [0.2, 0.25) is 11.5 Å². The lowest BCUT2D eigenvalue weighted by Gasteiger charge is -2.18. The lowest BCUT2D eigenvalue weighted by atomic mass is 9.93. The molecule has 0 unspecified atom stereocenters. The molecule has 190 valence electrons. The number of fused-ring (bicyclic) bond motifs is 1. The van der Waals surface area contributed by atoms with Crippen molar-refractivity contribution in [2.24, 2.45) is 5.41 Å². The zero-order valence-electron chi connectivity index (χ0n) is 21.6. The Morgan fingerprint density at radius 1 is 1.03 bits per heavy atom. The summed E-state index contributed by atoms with van der Waals surface area (Å²) in [4.78, 5) is 13.2. The van der Waals surface area contributed by atoms with Gasteiger partial charge in [0, 0.05) is 17.7 Å². The lowest BCUT2D eigenvalue weighted by Crippen LogP contribution is -2.26. The van der Waals surface area contributed by atoms with Gasteiger partial charge < -0.3 is 14.2 Å². The molecule has 0 radical (unpaired) electrons. The van der Waals surface area contributed by atoms with Crippen molar-refractivity contribution >= 4 is 11.4 Å². The van der Waals surface area contributed by atoms with Gasteiger partial charge in [-0.2, -0.15) is 4.52 Å². The summed E-state index contributed by atoms with van der Waals surface area (Å²) in [5, 5.41) is 17.3. The van der Waals surface area contributed by atoms with Crippen LogP contribution in [-0.4, -0.2) is 44.5 Å². The van der Waals surface area contributed by atoms with Crippen LogP contribution in [0.3, 0.4) is 0 Å². The number of benzene rings is 1. The van der Waals surface area contributed by atoms with Gasteiger partial charge >= 0.3 is 0 Å². The van der Waals surface area contributed by atoms with E-state index in [-0.39, 0.29) is 29.5 Å². The van der Waals surface area contributed by atoms with E-state index in [1.165, 1.54) is 9.20 Å². The molecule has 3 rings (SSSR count). The van der Waals surface area contributed by atoms with Crippen LogP contribution < -0.4 is 19.8 Å². The van der Waals surface area contributed by atoms with Gasteiger partial charge in [-0.1, -0.05) is 34.6 Å². The van der Waals surface area contributed by atoms with Crippen LogP contribution in [0.5, 0.6) is 17.4 Å². The van der Waals surface area contributed by atoms with Crippen LogP contribution in [0, 0.1) is 10.8 Å². The summed E-state index contributed by atoms with van der Waals surface area (Å²) in [5.41, 5.74) is 1.05. The average molecular weight is 484 g/mol. The van der Waals surface area contributed by atoms with Crippen molar-refractivity contribution in [3.05, 3.63) is 41.5 Å². The van der Waals surface area contributed by atoms with Gasteiger partial charge in [0.15, 0.2) is 11.4 Å². The number of Topliss-reactive ketones (excluding diaryl/α,β-unsaturated/α-hetero) is 1. The molecule has 35 heavy (non-hydrogen) atoms. The van der Waals surface area contributed by atoms with Crippen LogP contribution in [0.1, 0.15) is 71.2 Å². The lowest BCUT2D eigenvalue weighted by molar-refractivity contribution is 0.0964. The molecule has 0 atom stereocenters. The molecule has 2 heterocycles. The number of carbonyl (C=O) groups excluding carboxylic acids is 1. The molecule has 1 N–H and O–H groups in total. The van der Waals surface area contributed by atoms with Crippen molar-refractivity contribution < 1.29 is 19.0 Å². The Kier molecular flexibility index (Phi) is 8.53. The van der Waals surface area contributed by atoms with Gasteiger partial charge in [0.25, 0.3) is 0 Å². The van der Waals surface area contributed by atoms with E-state index in [0.29, 0.717) is 41.8 Å². The van der Waals surface area contributed by atoms with Crippen LogP contribution in [0.2, 0.25) is 0 Å². The van der Waals surface area contributed by atoms with E-state index in [9.17, 15) is 4.79 Å². The van der Waals surface area contributed by atoms with E-state index < -0.39 is 0 Å². The summed E-state index contributed by atoms with van der Waals surface area (Å²) in [5.74, 6) is 1.37. The monoisotopic (exact) mass is 483 g/mol. The number of nitrogens with zero attached hydrogens (tertiary/aromatic N) is 4. The Labute approximate surface area is 206 Å². The molecule has 0 saturated heterocycles. The van der Waals surface area contributed by atoms with Crippen molar-refractivity contribution in [1.82, 2.24) is 19.4 Å². The number of ketones is 1. The number of hydrogen-bond acceptors (Lipinski definition) is 7. The van der Waals surface area contributed by atoms with Crippen LogP contribution in [0.25, 0.3) is 5.65 Å². The average Bonchev–Trinajstić information content (AvgIpc) is 3.11. The molecule has 0 fully saturated rings. The Hall–Kier alpha value is -3.36. The standard InChI is InChI=1S/C26H37N5O4/c1-7-19(8-2)35-24-11-10-23-28-30(25(27)31(23)29-24)17-22(32)18-14-20(33-9-3)16-21(15-18)34-13-12-26(4,5)6/h10-11,14-16,19,27H,7-9,12-13,17H2,1-6H3. The molecular weight excluding hydrogens is 446 g/mol. The van der Waals surface area contributed by atoms with E-state index in [1.807, 2.05) is 6.92 Å². The fourth-order valence-corrected chi connectivity index (χ4v) is 3.48. The molecule has 0 aliphatic heterocycles. The summed E-state index contributed by atoms with van der Waals surface area (Å²) in [7, 11) is 0. The highest BCUT2D eigenvalue weighted by atomic mass is 16.5. The maximum Gasteiger partial charge on any atom is 0.242 e. The van der Waals surface area contributed by atoms with Gasteiger partial charge in [-0.15, -0.1) is 10.2 Å². The Balaban J connectivity index is 1.82. The highest BCUT2D eigenvalue weighted by molar-refractivity contribution is 5.96. The summed E-state index contributed by atoms with van der Waals surface area (Å²) in [6.07, 6.45) is 2.67. The highest BCUT2D eigenvalue weighted by Gasteiger charge is 2.16. The molecule has 0 bridgehead atoms. The van der Waals surface area contributed by atoms with E-state index in [0.717, 1.165) is 19.3 Å². The maximum atomic E-state index is 13.2. The summed E-state index contributed by atoms with van der Waals surface area (Å²) in [6, 6.07) is 8.68. The molecule has 1 aromatic carbocycles. The van der Waals surface area contributed by atoms with Crippen LogP contribution >= 0.6 is 0 Å². The number of aromatic nitrogens is 4. The predicted octanol–water partition coefficient (Wildman–Crippen LogP) is 4.67. The van der Waals surface area contributed by atoms with Gasteiger partial charge in [-0.05, 0) is 49.8 Å². The second-order valence-electron chi connectivity index (χ2n) is 9.69. The third-order valence-electron chi connectivity index (χ3n) is 5.58. The van der Waals surface area contributed by atoms with Crippen LogP contribution in [0.4, 0.5) is 0 Å². The minimum atomic E-state index is -0.206. The second kappa shape index (κ2) is 11.4. The molecule has 0 spiro atoms. The summed E-state index contributed by atoms with van der Waals surface area (Å²) in [6.45, 7) is 13.4. The second-order valence-corrected chi connectivity index (χ2v) is 9.69. The zero-order valence-corrected chi connectivity index (χ0v) is 21.6. The maximum absolute atomic E-state index is 13.2. The number of ether oxygens (including phenoxy) is 3. The van der Waals surface area contributed by atoms with E-state index >= 15 is 0 Å². The third kappa shape index (κ3) is 7.07. The smallest absolute Gasteiger partial charge is 0.242 e. The largest absolute Gasteiger partial charge is 0.494 e. The Bertz CT molecular complexity index is 1200. The Morgan fingerprint density at radius 2 is 1.71 bits per heavy atom. The first-order valence-corrected chi connectivity index (χ1v) is 12.3. The first-order chi connectivity index (χ1) is 16.6. The first-order valence-electron chi connectivity index (χ1n) is 12.3. The molecule has 0 aliphatic rings. The molecule has 0 amide bonds. The molecule has 9 nitrogen and oxygen atoms in total. The van der Waals surface area contributed by atoms with Gasteiger partial charge in [0.05, 0.1) is 19.3 Å². The van der Waals surface area contributed by atoms with Crippen molar-refractivity contribution in [1.29, 1.82) is 5.41 Å². The highest BCUT2D eigenvalue weighted by Crippen LogP contribution is 2.25. The zero-order chi connectivity index (χ0) is 25.6. The fraction of sp³-hybridized carbons (Fsp3) is 0.538. The minimum Gasteiger partial charge on any atom is -0.494 e. The van der Waals surface area contributed by atoms with E-state index in [2.05, 4.69) is 44.8 Å².